The van der Waals surface area contributed by atoms with Crippen molar-refractivity contribution in [3.63, 3.8) is 0 Å². The molecular formula is C15H10ClF3N4OS. The van der Waals surface area contributed by atoms with Gasteiger partial charge in [-0.3, -0.25) is 4.79 Å². The number of carbonyl (C=O) groups excluding carboxylic acids is 1. The molecule has 130 valence electrons. The molecule has 0 aliphatic rings. The average Bonchev–Trinajstić information content (AvgIpc) is 3.17. The molecule has 0 saturated carbocycles. The predicted octanol–water partition coefficient (Wildman–Crippen LogP) is 4.18. The summed E-state index contributed by atoms with van der Waals surface area (Å²) < 4.78 is 39.1. The molecule has 0 aliphatic heterocycles. The minimum atomic E-state index is -4.47. The molecule has 0 saturated heterocycles. The molecule has 1 N–H and O–H groups in total. The first-order valence-corrected chi connectivity index (χ1v) is 8.13. The molecule has 2 aromatic heterocycles. The van der Waals surface area contributed by atoms with Crippen molar-refractivity contribution in [2.75, 3.05) is 5.32 Å². The molecule has 0 bridgehead atoms. The highest BCUT2D eigenvalue weighted by molar-refractivity contribution is 7.15. The summed E-state index contributed by atoms with van der Waals surface area (Å²) in [6.45, 7) is 0. The summed E-state index contributed by atoms with van der Waals surface area (Å²) in [7, 11) is 0. The molecule has 25 heavy (non-hydrogen) atoms. The summed E-state index contributed by atoms with van der Waals surface area (Å²) >= 11 is 6.20. The van der Waals surface area contributed by atoms with E-state index in [0.29, 0.717) is 28.1 Å². The Hall–Kier alpha value is -2.39. The van der Waals surface area contributed by atoms with E-state index in [1.165, 1.54) is 6.20 Å². The first-order valence-electron chi connectivity index (χ1n) is 6.93. The maximum atomic E-state index is 12.5. The zero-order valence-corrected chi connectivity index (χ0v) is 14.0. The van der Waals surface area contributed by atoms with Gasteiger partial charge in [-0.15, -0.1) is 0 Å². The van der Waals surface area contributed by atoms with Crippen molar-refractivity contribution in [1.29, 1.82) is 0 Å². The van der Waals surface area contributed by atoms with E-state index in [0.717, 1.165) is 5.69 Å². The fraction of sp³-hybridized carbons (Fsp3) is 0.133. The van der Waals surface area contributed by atoms with E-state index < -0.39 is 17.0 Å². The van der Waals surface area contributed by atoms with Gasteiger partial charge in [-0.2, -0.15) is 18.3 Å². The van der Waals surface area contributed by atoms with Gasteiger partial charge in [0.15, 0.2) is 5.13 Å². The summed E-state index contributed by atoms with van der Waals surface area (Å²) in [4.78, 5) is 14.6. The highest BCUT2D eigenvalue weighted by Crippen LogP contribution is 2.35. The molecule has 0 unspecified atom stereocenters. The molecule has 3 rings (SSSR count). The molecule has 0 fully saturated rings. The Kier molecular flexibility index (Phi) is 4.78. The molecule has 0 atom stereocenters. The minimum Gasteiger partial charge on any atom is -0.302 e. The molecule has 5 nitrogen and oxygen atoms in total. The largest absolute Gasteiger partial charge is 0.427 e. The maximum absolute atomic E-state index is 12.5. The van der Waals surface area contributed by atoms with E-state index in [2.05, 4.69) is 15.4 Å². The molecule has 2 heterocycles. The number of carbonyl (C=O) groups is 1. The van der Waals surface area contributed by atoms with E-state index in [4.69, 9.17) is 11.6 Å². The number of alkyl halides is 3. The van der Waals surface area contributed by atoms with E-state index in [1.54, 1.807) is 35.1 Å². The normalized spacial score (nSPS) is 11.5. The Morgan fingerprint density at radius 2 is 1.96 bits per heavy atom. The zero-order chi connectivity index (χ0) is 18.0. The molecule has 3 aromatic rings. The Bertz CT molecular complexity index is 889. The van der Waals surface area contributed by atoms with Crippen LogP contribution in [-0.2, 0) is 17.4 Å². The molecule has 10 heteroatoms. The van der Waals surface area contributed by atoms with Crippen LogP contribution in [0.4, 0.5) is 18.3 Å². The SMILES string of the molecule is O=C(Cc1cnn(-c2ccc(Cl)cc2)c1)Nc1ncc(C(F)(F)F)s1. The summed E-state index contributed by atoms with van der Waals surface area (Å²) in [5, 5.41) is 7.00. The number of hydrogen-bond donors (Lipinski definition) is 1. The lowest BCUT2D eigenvalue weighted by molar-refractivity contribution is -0.134. The number of nitrogens with zero attached hydrogens (tertiary/aromatic N) is 3. The highest BCUT2D eigenvalue weighted by Gasteiger charge is 2.33. The van der Waals surface area contributed by atoms with E-state index in [-0.39, 0.29) is 11.6 Å². The van der Waals surface area contributed by atoms with Crippen molar-refractivity contribution in [1.82, 2.24) is 14.8 Å². The third kappa shape index (κ3) is 4.37. The van der Waals surface area contributed by atoms with Gasteiger partial charge in [0, 0.05) is 11.2 Å². The van der Waals surface area contributed by atoms with Gasteiger partial charge in [-0.05, 0) is 29.8 Å². The van der Waals surface area contributed by atoms with Crippen molar-refractivity contribution in [2.24, 2.45) is 0 Å². The summed E-state index contributed by atoms with van der Waals surface area (Å²) in [6.07, 6.45) is -0.642. The molecular weight excluding hydrogens is 377 g/mol. The van der Waals surface area contributed by atoms with Crippen molar-refractivity contribution in [2.45, 2.75) is 12.6 Å². The van der Waals surface area contributed by atoms with Crippen LogP contribution in [0.15, 0.2) is 42.9 Å². The van der Waals surface area contributed by atoms with Crippen LogP contribution in [0.25, 0.3) is 5.69 Å². The minimum absolute atomic E-state index is 0.0332. The third-order valence-corrected chi connectivity index (χ3v) is 4.33. The van der Waals surface area contributed by atoms with Crippen LogP contribution in [0.1, 0.15) is 10.4 Å². The van der Waals surface area contributed by atoms with Crippen LogP contribution < -0.4 is 5.32 Å². The second-order valence-corrected chi connectivity index (χ2v) is 6.49. The summed E-state index contributed by atoms with van der Waals surface area (Å²) in [6, 6.07) is 6.97. The number of nitrogens with one attached hydrogen (secondary N) is 1. The number of hydrogen-bond acceptors (Lipinski definition) is 4. The van der Waals surface area contributed by atoms with Crippen LogP contribution in [0.5, 0.6) is 0 Å². The van der Waals surface area contributed by atoms with E-state index in [1.807, 2.05) is 0 Å². The lowest BCUT2D eigenvalue weighted by Crippen LogP contribution is -2.13. The lowest BCUT2D eigenvalue weighted by Gasteiger charge is -2.01. The number of anilines is 1. The van der Waals surface area contributed by atoms with Gasteiger partial charge in [0.05, 0.1) is 24.5 Å². The molecule has 0 radical (unpaired) electrons. The van der Waals surface area contributed by atoms with Gasteiger partial charge in [-0.1, -0.05) is 22.9 Å². The zero-order valence-electron chi connectivity index (χ0n) is 12.4. The second-order valence-electron chi connectivity index (χ2n) is 5.02. The van der Waals surface area contributed by atoms with Crippen molar-refractivity contribution in [3.8, 4) is 5.69 Å². The van der Waals surface area contributed by atoms with Crippen LogP contribution >= 0.6 is 22.9 Å². The quantitative estimate of drug-likeness (QED) is 0.731. The van der Waals surface area contributed by atoms with Gasteiger partial charge in [-0.25, -0.2) is 9.67 Å². The van der Waals surface area contributed by atoms with Gasteiger partial charge in [0.1, 0.15) is 4.88 Å². The van der Waals surface area contributed by atoms with Gasteiger partial charge in [0.2, 0.25) is 5.91 Å². The number of rotatable bonds is 4. The van der Waals surface area contributed by atoms with Crippen LogP contribution in [0.2, 0.25) is 5.02 Å². The maximum Gasteiger partial charge on any atom is 0.427 e. The fourth-order valence-electron chi connectivity index (χ4n) is 2.00. The molecule has 0 spiro atoms. The van der Waals surface area contributed by atoms with Crippen LogP contribution in [0, 0.1) is 0 Å². The van der Waals surface area contributed by atoms with Crippen LogP contribution in [-0.4, -0.2) is 20.7 Å². The Balaban J connectivity index is 1.64. The average molecular weight is 387 g/mol. The highest BCUT2D eigenvalue weighted by atomic mass is 35.5. The Morgan fingerprint density at radius 3 is 2.60 bits per heavy atom. The van der Waals surface area contributed by atoms with Gasteiger partial charge >= 0.3 is 6.18 Å². The van der Waals surface area contributed by atoms with E-state index >= 15 is 0 Å². The number of aromatic nitrogens is 3. The second kappa shape index (κ2) is 6.85. The number of amides is 1. The number of thiazole rings is 1. The molecule has 1 amide bonds. The van der Waals surface area contributed by atoms with Crippen molar-refractivity contribution < 1.29 is 18.0 Å². The monoisotopic (exact) mass is 386 g/mol. The standard InChI is InChI=1S/C15H10ClF3N4OS/c16-10-1-3-11(4-2-10)23-8-9(6-21-23)5-13(24)22-14-20-7-12(25-14)15(17,18)19/h1-4,6-8H,5H2,(H,20,22,24). The Morgan fingerprint density at radius 1 is 1.24 bits per heavy atom. The topological polar surface area (TPSA) is 59.8 Å². The predicted molar refractivity (Wildman–Crippen MR) is 88.0 cm³/mol. The third-order valence-electron chi connectivity index (χ3n) is 3.12. The summed E-state index contributed by atoms with van der Waals surface area (Å²) in [5.74, 6) is -0.473. The smallest absolute Gasteiger partial charge is 0.302 e. The molecule has 0 aliphatic carbocycles. The lowest BCUT2D eigenvalue weighted by atomic mass is 10.2. The Labute approximate surface area is 149 Å². The first-order chi connectivity index (χ1) is 11.8. The first kappa shape index (κ1) is 17.4. The van der Waals surface area contributed by atoms with Gasteiger partial charge < -0.3 is 5.32 Å². The summed E-state index contributed by atoms with van der Waals surface area (Å²) in [5.41, 5.74) is 1.38. The molecule has 1 aromatic carbocycles. The van der Waals surface area contributed by atoms with Gasteiger partial charge in [0.25, 0.3) is 0 Å². The van der Waals surface area contributed by atoms with Crippen molar-refractivity contribution in [3.05, 3.63) is 58.3 Å². The van der Waals surface area contributed by atoms with Crippen LogP contribution in [0.3, 0.4) is 0 Å². The van der Waals surface area contributed by atoms with Crippen molar-refractivity contribution >= 4 is 34.0 Å². The number of halogens is 4. The fourth-order valence-corrected chi connectivity index (χ4v) is 2.82. The van der Waals surface area contributed by atoms with E-state index in [9.17, 15) is 18.0 Å². The number of benzene rings is 1.